The molecule has 3 rings (SSSR count). The topological polar surface area (TPSA) is 66.5 Å². The van der Waals surface area contributed by atoms with Crippen LogP contribution in [0.25, 0.3) is 0 Å². The van der Waals surface area contributed by atoms with Gasteiger partial charge in [0.2, 0.25) is 0 Å². The summed E-state index contributed by atoms with van der Waals surface area (Å²) in [5.41, 5.74) is 3.20. The van der Waals surface area contributed by atoms with Crippen LogP contribution in [-0.4, -0.2) is 21.4 Å². The van der Waals surface area contributed by atoms with E-state index in [0.29, 0.717) is 11.4 Å². The maximum Gasteiger partial charge on any atom is 0.264 e. The molecule has 0 aliphatic rings. The predicted molar refractivity (Wildman–Crippen MR) is 112 cm³/mol. The van der Waals surface area contributed by atoms with E-state index >= 15 is 0 Å². The first-order chi connectivity index (χ1) is 13.7. The molecule has 0 aliphatic carbocycles. The van der Waals surface area contributed by atoms with Crippen LogP contribution in [0.15, 0.2) is 71.6 Å². The zero-order valence-corrected chi connectivity index (χ0v) is 17.1. The molecular weight excluding hydrogens is 391 g/mol. The zero-order chi connectivity index (χ0) is 21.2. The van der Waals surface area contributed by atoms with Crippen molar-refractivity contribution in [3.05, 3.63) is 89.2 Å². The van der Waals surface area contributed by atoms with Crippen molar-refractivity contribution in [2.24, 2.45) is 0 Å². The molecule has 0 aliphatic heterocycles. The van der Waals surface area contributed by atoms with Crippen molar-refractivity contribution in [3.8, 4) is 0 Å². The van der Waals surface area contributed by atoms with Crippen molar-refractivity contribution < 1.29 is 17.6 Å². The average Bonchev–Trinajstić information content (AvgIpc) is 2.70. The fourth-order valence-electron chi connectivity index (χ4n) is 2.89. The SMILES string of the molecule is Cc1ccc(NC(=O)c2cccc(S(=O)(=O)N(C)c3ccc(F)cc3)c2)c(C)c1. The lowest BCUT2D eigenvalue weighted by Gasteiger charge is -2.20. The molecule has 0 bridgehead atoms. The number of amides is 1. The fraction of sp³-hybridized carbons (Fsp3) is 0.136. The van der Waals surface area contributed by atoms with Crippen LogP contribution in [0.3, 0.4) is 0 Å². The second kappa shape index (κ2) is 8.05. The smallest absolute Gasteiger partial charge is 0.264 e. The quantitative estimate of drug-likeness (QED) is 0.670. The van der Waals surface area contributed by atoms with Gasteiger partial charge in [0, 0.05) is 18.3 Å². The number of carbonyl (C=O) groups is 1. The first-order valence-corrected chi connectivity index (χ1v) is 10.4. The van der Waals surface area contributed by atoms with Crippen LogP contribution in [0.5, 0.6) is 0 Å². The first-order valence-electron chi connectivity index (χ1n) is 8.91. The summed E-state index contributed by atoms with van der Waals surface area (Å²) in [6.07, 6.45) is 0. The number of sulfonamides is 1. The molecule has 0 fully saturated rings. The molecule has 0 spiro atoms. The number of hydrogen-bond acceptors (Lipinski definition) is 3. The molecule has 1 N–H and O–H groups in total. The maximum absolute atomic E-state index is 13.1. The van der Waals surface area contributed by atoms with Crippen LogP contribution in [-0.2, 0) is 10.0 Å². The maximum atomic E-state index is 13.1. The lowest BCUT2D eigenvalue weighted by Crippen LogP contribution is -2.27. The number of rotatable bonds is 5. The molecule has 3 aromatic rings. The highest BCUT2D eigenvalue weighted by Gasteiger charge is 2.22. The molecular formula is C22H21FN2O3S. The number of halogens is 1. The highest BCUT2D eigenvalue weighted by Crippen LogP contribution is 2.23. The van der Waals surface area contributed by atoms with Gasteiger partial charge < -0.3 is 5.32 Å². The summed E-state index contributed by atoms with van der Waals surface area (Å²) < 4.78 is 40.1. The van der Waals surface area contributed by atoms with Crippen LogP contribution >= 0.6 is 0 Å². The number of anilines is 2. The van der Waals surface area contributed by atoms with Crippen molar-refractivity contribution in [2.75, 3.05) is 16.7 Å². The average molecular weight is 412 g/mol. The van der Waals surface area contributed by atoms with Gasteiger partial charge in [-0.2, -0.15) is 0 Å². The largest absolute Gasteiger partial charge is 0.322 e. The summed E-state index contributed by atoms with van der Waals surface area (Å²) in [5.74, 6) is -0.858. The normalized spacial score (nSPS) is 11.2. The van der Waals surface area contributed by atoms with E-state index in [0.717, 1.165) is 15.4 Å². The van der Waals surface area contributed by atoms with Gasteiger partial charge in [-0.25, -0.2) is 12.8 Å². The third kappa shape index (κ3) is 4.46. The molecule has 1 amide bonds. The minimum atomic E-state index is -3.92. The number of hydrogen-bond donors (Lipinski definition) is 1. The number of benzene rings is 3. The van der Waals surface area contributed by atoms with E-state index in [1.165, 1.54) is 49.5 Å². The number of nitrogens with one attached hydrogen (secondary N) is 1. The Kier molecular flexibility index (Phi) is 5.70. The van der Waals surface area contributed by atoms with Crippen LogP contribution < -0.4 is 9.62 Å². The van der Waals surface area contributed by atoms with Crippen molar-refractivity contribution in [1.29, 1.82) is 0 Å². The Balaban J connectivity index is 1.87. The monoisotopic (exact) mass is 412 g/mol. The van der Waals surface area contributed by atoms with Crippen LogP contribution in [0.1, 0.15) is 21.5 Å². The van der Waals surface area contributed by atoms with E-state index in [4.69, 9.17) is 0 Å². The molecule has 150 valence electrons. The van der Waals surface area contributed by atoms with E-state index in [-0.39, 0.29) is 10.5 Å². The molecule has 0 radical (unpaired) electrons. The van der Waals surface area contributed by atoms with Crippen LogP contribution in [0.4, 0.5) is 15.8 Å². The summed E-state index contributed by atoms with van der Waals surface area (Å²) in [5, 5.41) is 2.81. The Labute approximate surface area is 169 Å². The zero-order valence-electron chi connectivity index (χ0n) is 16.3. The van der Waals surface area contributed by atoms with Gasteiger partial charge in [-0.3, -0.25) is 9.10 Å². The molecule has 0 aromatic heterocycles. The Bertz CT molecular complexity index is 1160. The van der Waals surface area contributed by atoms with Crippen molar-refractivity contribution in [1.82, 2.24) is 0 Å². The van der Waals surface area contributed by atoms with E-state index in [9.17, 15) is 17.6 Å². The third-order valence-electron chi connectivity index (χ3n) is 4.57. The summed E-state index contributed by atoms with van der Waals surface area (Å²) in [6, 6.07) is 16.6. The molecule has 3 aromatic carbocycles. The standard InChI is InChI=1S/C22H21FN2O3S/c1-15-7-12-21(16(2)13-15)24-22(26)17-5-4-6-20(14-17)29(27,28)25(3)19-10-8-18(23)9-11-19/h4-14H,1-3H3,(H,24,26). The Morgan fingerprint density at radius 3 is 2.31 bits per heavy atom. The molecule has 0 atom stereocenters. The summed E-state index contributed by atoms with van der Waals surface area (Å²) >= 11 is 0. The van der Waals surface area contributed by atoms with Crippen molar-refractivity contribution in [3.63, 3.8) is 0 Å². The molecule has 7 heteroatoms. The fourth-order valence-corrected chi connectivity index (χ4v) is 4.14. The van der Waals surface area contributed by atoms with Gasteiger partial charge in [0.25, 0.3) is 15.9 Å². The minimum Gasteiger partial charge on any atom is -0.322 e. The van der Waals surface area contributed by atoms with Gasteiger partial charge in [-0.1, -0.05) is 23.8 Å². The molecule has 0 heterocycles. The first kappa shape index (κ1) is 20.5. The molecule has 0 saturated carbocycles. The molecule has 0 saturated heterocycles. The van der Waals surface area contributed by atoms with Gasteiger partial charge >= 0.3 is 0 Å². The summed E-state index contributed by atoms with van der Waals surface area (Å²) in [6.45, 7) is 3.85. The summed E-state index contributed by atoms with van der Waals surface area (Å²) in [4.78, 5) is 12.6. The Hall–Kier alpha value is -3.19. The van der Waals surface area contributed by atoms with Crippen LogP contribution in [0, 0.1) is 19.7 Å². The molecule has 5 nitrogen and oxygen atoms in total. The Morgan fingerprint density at radius 1 is 0.966 bits per heavy atom. The van der Waals surface area contributed by atoms with E-state index < -0.39 is 21.7 Å². The van der Waals surface area contributed by atoms with Crippen LogP contribution in [0.2, 0.25) is 0 Å². The Morgan fingerprint density at radius 2 is 1.66 bits per heavy atom. The number of aryl methyl sites for hydroxylation is 2. The van der Waals surface area contributed by atoms with Gasteiger partial charge in [0.05, 0.1) is 10.6 Å². The highest BCUT2D eigenvalue weighted by molar-refractivity contribution is 7.92. The van der Waals surface area contributed by atoms with E-state index in [2.05, 4.69) is 5.32 Å². The van der Waals surface area contributed by atoms with Gasteiger partial charge in [0.15, 0.2) is 0 Å². The van der Waals surface area contributed by atoms with Crippen molar-refractivity contribution >= 4 is 27.3 Å². The molecule has 0 unspecified atom stereocenters. The molecule has 29 heavy (non-hydrogen) atoms. The summed E-state index contributed by atoms with van der Waals surface area (Å²) in [7, 11) is -2.54. The number of carbonyl (C=O) groups excluding carboxylic acids is 1. The van der Waals surface area contributed by atoms with Gasteiger partial charge in [-0.05, 0) is 67.9 Å². The highest BCUT2D eigenvalue weighted by atomic mass is 32.2. The van der Waals surface area contributed by atoms with E-state index in [1.54, 1.807) is 6.07 Å². The van der Waals surface area contributed by atoms with E-state index in [1.807, 2.05) is 32.0 Å². The second-order valence-electron chi connectivity index (χ2n) is 6.75. The van der Waals surface area contributed by atoms with Gasteiger partial charge in [0.1, 0.15) is 5.82 Å². The lowest BCUT2D eigenvalue weighted by molar-refractivity contribution is 0.102. The van der Waals surface area contributed by atoms with Gasteiger partial charge in [-0.15, -0.1) is 0 Å². The lowest BCUT2D eigenvalue weighted by atomic mass is 10.1. The minimum absolute atomic E-state index is 0.0300. The second-order valence-corrected chi connectivity index (χ2v) is 8.72. The van der Waals surface area contributed by atoms with Crippen molar-refractivity contribution in [2.45, 2.75) is 18.7 Å². The predicted octanol–water partition coefficient (Wildman–Crippen LogP) is 4.52. The third-order valence-corrected chi connectivity index (χ3v) is 6.36. The number of nitrogens with zero attached hydrogens (tertiary/aromatic N) is 1.